The average Bonchev–Trinajstić information content (AvgIpc) is 2.73. The molecule has 6 heteroatoms. The molecule has 0 radical (unpaired) electrons. The summed E-state index contributed by atoms with van der Waals surface area (Å²) in [7, 11) is 1.88. The van der Waals surface area contributed by atoms with Gasteiger partial charge in [-0.2, -0.15) is 5.10 Å². The van der Waals surface area contributed by atoms with Gasteiger partial charge in [0.1, 0.15) is 12.4 Å². The number of hydrogen-bond acceptors (Lipinski definition) is 2. The van der Waals surface area contributed by atoms with Crippen molar-refractivity contribution in [3.05, 3.63) is 44.6 Å². The van der Waals surface area contributed by atoms with E-state index in [1.54, 1.807) is 10.9 Å². The maximum absolute atomic E-state index is 5.81. The highest BCUT2D eigenvalue weighted by Crippen LogP contribution is 2.35. The van der Waals surface area contributed by atoms with E-state index in [0.29, 0.717) is 12.5 Å². The molecule has 0 spiro atoms. The van der Waals surface area contributed by atoms with Crippen molar-refractivity contribution in [2.45, 2.75) is 12.5 Å². The van der Waals surface area contributed by atoms with Crippen LogP contribution in [0.5, 0.6) is 5.75 Å². The van der Waals surface area contributed by atoms with Gasteiger partial charge in [-0.1, -0.05) is 0 Å². The van der Waals surface area contributed by atoms with E-state index in [1.165, 1.54) is 0 Å². The Kier molecular flexibility index (Phi) is 4.70. The monoisotopic (exact) mass is 392 g/mol. The van der Waals surface area contributed by atoms with Crippen LogP contribution < -0.4 is 4.74 Å². The van der Waals surface area contributed by atoms with Crippen LogP contribution in [-0.4, -0.2) is 9.78 Å². The number of alkyl halides is 1. The van der Waals surface area contributed by atoms with Crippen molar-refractivity contribution in [1.29, 1.82) is 0 Å². The molecule has 1 heterocycles. The van der Waals surface area contributed by atoms with Crippen LogP contribution in [0.1, 0.15) is 11.1 Å². The molecule has 0 amide bonds. The smallest absolute Gasteiger partial charge is 0.148 e. The highest BCUT2D eigenvalue weighted by atomic mass is 79.9. The molecule has 0 aliphatic carbocycles. The molecule has 18 heavy (non-hydrogen) atoms. The van der Waals surface area contributed by atoms with Crippen molar-refractivity contribution in [2.24, 2.45) is 7.05 Å². The summed E-state index contributed by atoms with van der Waals surface area (Å²) in [5, 5.41) is 4.10. The van der Waals surface area contributed by atoms with Gasteiger partial charge in [-0.3, -0.25) is 4.68 Å². The molecule has 0 aliphatic rings. The molecule has 0 bridgehead atoms. The normalized spacial score (nSPS) is 10.7. The van der Waals surface area contributed by atoms with Gasteiger partial charge < -0.3 is 4.74 Å². The highest BCUT2D eigenvalue weighted by molar-refractivity contribution is 9.11. The fourth-order valence-corrected chi connectivity index (χ4v) is 3.19. The first-order valence-electron chi connectivity index (χ1n) is 5.24. The topological polar surface area (TPSA) is 27.1 Å². The van der Waals surface area contributed by atoms with Crippen molar-refractivity contribution in [3.8, 4) is 5.75 Å². The number of aromatic nitrogens is 2. The van der Waals surface area contributed by atoms with Crippen molar-refractivity contribution in [1.82, 2.24) is 9.78 Å². The van der Waals surface area contributed by atoms with E-state index in [4.69, 9.17) is 16.3 Å². The van der Waals surface area contributed by atoms with Crippen molar-refractivity contribution >= 4 is 43.5 Å². The van der Waals surface area contributed by atoms with E-state index >= 15 is 0 Å². The number of rotatable bonds is 4. The Morgan fingerprint density at radius 2 is 1.94 bits per heavy atom. The van der Waals surface area contributed by atoms with Gasteiger partial charge in [0.05, 0.1) is 15.1 Å². The second-order valence-corrected chi connectivity index (χ2v) is 5.81. The highest BCUT2D eigenvalue weighted by Gasteiger charge is 2.09. The first-order chi connectivity index (χ1) is 8.60. The minimum Gasteiger partial charge on any atom is -0.486 e. The van der Waals surface area contributed by atoms with Gasteiger partial charge in [0.25, 0.3) is 0 Å². The Morgan fingerprint density at radius 3 is 2.44 bits per heavy atom. The maximum atomic E-state index is 5.81. The van der Waals surface area contributed by atoms with E-state index in [2.05, 4.69) is 37.0 Å². The lowest BCUT2D eigenvalue weighted by atomic mass is 10.2. The minimum atomic E-state index is 0.472. The number of ether oxygens (including phenoxy) is 1. The lowest BCUT2D eigenvalue weighted by Gasteiger charge is -2.10. The predicted molar refractivity (Wildman–Crippen MR) is 78.9 cm³/mol. The molecule has 0 saturated carbocycles. The summed E-state index contributed by atoms with van der Waals surface area (Å²) >= 11 is 12.8. The summed E-state index contributed by atoms with van der Waals surface area (Å²) < 4.78 is 9.30. The van der Waals surface area contributed by atoms with Crippen molar-refractivity contribution < 1.29 is 4.74 Å². The summed E-state index contributed by atoms with van der Waals surface area (Å²) in [6.07, 6.45) is 3.71. The molecule has 2 rings (SSSR count). The maximum Gasteiger partial charge on any atom is 0.148 e. The van der Waals surface area contributed by atoms with Gasteiger partial charge in [0, 0.05) is 24.7 Å². The predicted octanol–water partition coefficient (Wildman–Crippen LogP) is 4.26. The first-order valence-corrected chi connectivity index (χ1v) is 7.36. The quantitative estimate of drug-likeness (QED) is 0.725. The fourth-order valence-electron chi connectivity index (χ4n) is 1.53. The SMILES string of the molecule is Cn1cc(COc2c(Br)cc(CCl)cc2Br)cn1. The van der Waals surface area contributed by atoms with E-state index < -0.39 is 0 Å². The zero-order chi connectivity index (χ0) is 13.1. The van der Waals surface area contributed by atoms with Gasteiger partial charge >= 0.3 is 0 Å². The second-order valence-electron chi connectivity index (χ2n) is 3.83. The number of halogens is 3. The minimum absolute atomic E-state index is 0.472. The van der Waals surface area contributed by atoms with Crippen LogP contribution in [0.3, 0.4) is 0 Å². The lowest BCUT2D eigenvalue weighted by molar-refractivity contribution is 0.302. The van der Waals surface area contributed by atoms with Crippen molar-refractivity contribution in [2.75, 3.05) is 0 Å². The Balaban J connectivity index is 2.14. The van der Waals surface area contributed by atoms with Gasteiger partial charge in [-0.05, 0) is 49.6 Å². The van der Waals surface area contributed by atoms with Crippen LogP contribution >= 0.6 is 43.5 Å². The largest absolute Gasteiger partial charge is 0.486 e. The first kappa shape index (κ1) is 13.9. The Labute approximate surface area is 127 Å². The summed E-state index contributed by atoms with van der Waals surface area (Å²) in [6.45, 7) is 0.477. The summed E-state index contributed by atoms with van der Waals surface area (Å²) in [5.74, 6) is 1.24. The third-order valence-corrected chi connectivity index (χ3v) is 3.84. The molecular weight excluding hydrogens is 383 g/mol. The van der Waals surface area contributed by atoms with Gasteiger partial charge in [-0.15, -0.1) is 11.6 Å². The van der Waals surface area contributed by atoms with E-state index in [0.717, 1.165) is 25.8 Å². The molecule has 0 unspecified atom stereocenters. The van der Waals surface area contributed by atoms with Crippen molar-refractivity contribution in [3.63, 3.8) is 0 Å². The molecule has 1 aromatic heterocycles. The molecule has 0 atom stereocenters. The van der Waals surface area contributed by atoms with E-state index in [9.17, 15) is 0 Å². The number of hydrogen-bond donors (Lipinski definition) is 0. The molecular formula is C12H11Br2ClN2O. The Bertz CT molecular complexity index is 534. The average molecular weight is 394 g/mol. The van der Waals surface area contributed by atoms with Crippen LogP contribution in [0.25, 0.3) is 0 Å². The molecule has 0 aliphatic heterocycles. The molecule has 0 N–H and O–H groups in total. The summed E-state index contributed by atoms with van der Waals surface area (Å²) in [5.41, 5.74) is 2.06. The molecule has 0 saturated heterocycles. The number of benzene rings is 1. The Morgan fingerprint density at radius 1 is 1.28 bits per heavy atom. The van der Waals surface area contributed by atoms with Gasteiger partial charge in [-0.25, -0.2) is 0 Å². The third-order valence-electron chi connectivity index (χ3n) is 2.35. The molecule has 0 fully saturated rings. The fraction of sp³-hybridized carbons (Fsp3) is 0.250. The van der Waals surface area contributed by atoms with Crippen LogP contribution in [0.2, 0.25) is 0 Å². The third kappa shape index (κ3) is 3.28. The molecule has 3 nitrogen and oxygen atoms in total. The van der Waals surface area contributed by atoms with Gasteiger partial charge in [0.2, 0.25) is 0 Å². The number of aryl methyl sites for hydroxylation is 1. The lowest BCUT2D eigenvalue weighted by Crippen LogP contribution is -1.96. The standard InChI is InChI=1S/C12H11Br2ClN2O/c1-17-6-9(5-16-17)7-18-12-10(13)2-8(4-15)3-11(12)14/h2-3,5-6H,4,7H2,1H3. The zero-order valence-electron chi connectivity index (χ0n) is 9.66. The molecule has 2 aromatic rings. The van der Waals surface area contributed by atoms with Crippen LogP contribution in [0.15, 0.2) is 33.5 Å². The van der Waals surface area contributed by atoms with Crippen LogP contribution in [-0.2, 0) is 19.5 Å². The summed E-state index contributed by atoms with van der Waals surface area (Å²) in [4.78, 5) is 0. The van der Waals surface area contributed by atoms with Crippen LogP contribution in [0, 0.1) is 0 Å². The zero-order valence-corrected chi connectivity index (χ0v) is 13.6. The molecule has 1 aromatic carbocycles. The van der Waals surface area contributed by atoms with Gasteiger partial charge in [0.15, 0.2) is 0 Å². The molecule has 96 valence electrons. The second kappa shape index (κ2) is 6.08. The number of nitrogens with zero attached hydrogens (tertiary/aromatic N) is 2. The van der Waals surface area contributed by atoms with E-state index in [1.807, 2.05) is 25.4 Å². The Hall–Kier alpha value is -0.520. The van der Waals surface area contributed by atoms with Crippen LogP contribution in [0.4, 0.5) is 0 Å². The van der Waals surface area contributed by atoms with E-state index in [-0.39, 0.29) is 0 Å². The summed E-state index contributed by atoms with van der Waals surface area (Å²) in [6, 6.07) is 3.91.